The summed E-state index contributed by atoms with van der Waals surface area (Å²) in [4.78, 5) is 0. The van der Waals surface area contributed by atoms with Crippen molar-refractivity contribution in [2.45, 2.75) is 38.6 Å². The van der Waals surface area contributed by atoms with Crippen LogP contribution in [0, 0.1) is 0 Å². The molecule has 66 valence electrons. The average molecular weight is 160 g/mol. The van der Waals surface area contributed by atoms with Crippen molar-refractivity contribution in [2.75, 3.05) is 13.2 Å². The minimum atomic E-state index is -0.439. The molecule has 0 saturated carbocycles. The lowest BCUT2D eigenvalue weighted by Crippen LogP contribution is -2.39. The van der Waals surface area contributed by atoms with Crippen molar-refractivity contribution in [3.8, 4) is 0 Å². The van der Waals surface area contributed by atoms with E-state index in [4.69, 9.17) is 9.47 Å². The zero-order valence-electron chi connectivity index (χ0n) is 7.12. The van der Waals surface area contributed by atoms with E-state index in [1.165, 1.54) is 0 Å². The Hall–Kier alpha value is -0.120. The molecule has 2 unspecified atom stereocenters. The highest BCUT2D eigenvalue weighted by Gasteiger charge is 2.24. The van der Waals surface area contributed by atoms with E-state index < -0.39 is 6.10 Å². The molecule has 1 N–H and O–H groups in total. The average Bonchev–Trinajstić information content (AvgIpc) is 1.93. The summed E-state index contributed by atoms with van der Waals surface area (Å²) in [5, 5.41) is 9.37. The highest BCUT2D eigenvalue weighted by Crippen LogP contribution is 2.13. The summed E-state index contributed by atoms with van der Waals surface area (Å²) < 4.78 is 10.5. The summed E-state index contributed by atoms with van der Waals surface area (Å²) in [5.41, 5.74) is 0. The van der Waals surface area contributed by atoms with Gasteiger partial charge < -0.3 is 14.6 Å². The van der Waals surface area contributed by atoms with Crippen LogP contribution in [0.5, 0.6) is 0 Å². The maximum absolute atomic E-state index is 9.37. The van der Waals surface area contributed by atoms with E-state index in [-0.39, 0.29) is 12.2 Å². The van der Waals surface area contributed by atoms with Gasteiger partial charge in [-0.2, -0.15) is 0 Å². The fraction of sp³-hybridized carbons (Fsp3) is 1.00. The highest BCUT2D eigenvalue weighted by molar-refractivity contribution is 4.73. The van der Waals surface area contributed by atoms with E-state index in [0.29, 0.717) is 13.2 Å². The predicted molar refractivity (Wildman–Crippen MR) is 41.5 cm³/mol. The van der Waals surface area contributed by atoms with Gasteiger partial charge >= 0.3 is 0 Å². The Morgan fingerprint density at radius 1 is 1.55 bits per heavy atom. The molecule has 1 saturated heterocycles. The lowest BCUT2D eigenvalue weighted by atomic mass is 10.1. The first-order valence-corrected chi connectivity index (χ1v) is 4.11. The van der Waals surface area contributed by atoms with Gasteiger partial charge in [-0.1, -0.05) is 0 Å². The molecule has 1 heterocycles. The monoisotopic (exact) mass is 160 g/mol. The third kappa shape index (κ3) is 2.77. The van der Waals surface area contributed by atoms with E-state index in [1.807, 2.05) is 13.8 Å². The molecular formula is C8H16O3. The third-order valence-electron chi connectivity index (χ3n) is 1.71. The normalized spacial score (nSPS) is 32.7. The van der Waals surface area contributed by atoms with Crippen molar-refractivity contribution in [3.05, 3.63) is 0 Å². The molecule has 0 amide bonds. The van der Waals surface area contributed by atoms with Gasteiger partial charge in [0.05, 0.1) is 18.8 Å². The van der Waals surface area contributed by atoms with Crippen LogP contribution in [0.15, 0.2) is 0 Å². The van der Waals surface area contributed by atoms with Crippen LogP contribution in [0.25, 0.3) is 0 Å². The number of rotatable bonds is 2. The summed E-state index contributed by atoms with van der Waals surface area (Å²) >= 11 is 0. The standard InChI is InChI=1S/C8H16O3/c1-6(2)11-8-3-4-10-5-7(8)9/h6-9H,3-5H2,1-2H3. The van der Waals surface area contributed by atoms with Crippen LogP contribution in [-0.2, 0) is 9.47 Å². The second kappa shape index (κ2) is 4.04. The lowest BCUT2D eigenvalue weighted by Gasteiger charge is -2.29. The first-order valence-electron chi connectivity index (χ1n) is 4.11. The summed E-state index contributed by atoms with van der Waals surface area (Å²) in [6.07, 6.45) is 0.530. The Morgan fingerprint density at radius 2 is 2.27 bits per heavy atom. The summed E-state index contributed by atoms with van der Waals surface area (Å²) in [5.74, 6) is 0. The molecule has 0 aromatic heterocycles. The number of hydrogen-bond acceptors (Lipinski definition) is 3. The van der Waals surface area contributed by atoms with Crippen LogP contribution in [-0.4, -0.2) is 36.6 Å². The van der Waals surface area contributed by atoms with E-state index in [9.17, 15) is 5.11 Å². The smallest absolute Gasteiger partial charge is 0.104 e. The second-order valence-corrected chi connectivity index (χ2v) is 3.15. The van der Waals surface area contributed by atoms with E-state index in [1.54, 1.807) is 0 Å². The van der Waals surface area contributed by atoms with Gasteiger partial charge in [0.1, 0.15) is 6.10 Å². The molecule has 1 fully saturated rings. The molecule has 0 radical (unpaired) electrons. The number of ether oxygens (including phenoxy) is 2. The Kier molecular flexibility index (Phi) is 3.30. The summed E-state index contributed by atoms with van der Waals surface area (Å²) in [6.45, 7) is 5.07. The van der Waals surface area contributed by atoms with Gasteiger partial charge in [0.25, 0.3) is 0 Å². The SMILES string of the molecule is CC(C)OC1CCOCC1O. The molecule has 1 rings (SSSR count). The number of aliphatic hydroxyl groups is 1. The molecular weight excluding hydrogens is 144 g/mol. The van der Waals surface area contributed by atoms with Crippen LogP contribution >= 0.6 is 0 Å². The quantitative estimate of drug-likeness (QED) is 0.641. The van der Waals surface area contributed by atoms with E-state index in [0.717, 1.165) is 6.42 Å². The van der Waals surface area contributed by atoms with Crippen molar-refractivity contribution >= 4 is 0 Å². The molecule has 0 spiro atoms. The lowest BCUT2D eigenvalue weighted by molar-refractivity contribution is -0.129. The van der Waals surface area contributed by atoms with Crippen LogP contribution in [0.3, 0.4) is 0 Å². The number of aliphatic hydroxyl groups excluding tert-OH is 1. The van der Waals surface area contributed by atoms with Gasteiger partial charge in [0, 0.05) is 6.61 Å². The molecule has 1 aliphatic heterocycles. The Balaban J connectivity index is 2.29. The maximum Gasteiger partial charge on any atom is 0.104 e. The van der Waals surface area contributed by atoms with Gasteiger partial charge in [-0.05, 0) is 20.3 Å². The third-order valence-corrected chi connectivity index (χ3v) is 1.71. The molecule has 0 aliphatic carbocycles. The molecule has 11 heavy (non-hydrogen) atoms. The maximum atomic E-state index is 9.37. The van der Waals surface area contributed by atoms with Crippen molar-refractivity contribution in [3.63, 3.8) is 0 Å². The highest BCUT2D eigenvalue weighted by atomic mass is 16.5. The summed E-state index contributed by atoms with van der Waals surface area (Å²) in [7, 11) is 0. The minimum Gasteiger partial charge on any atom is -0.388 e. The first-order chi connectivity index (χ1) is 5.20. The second-order valence-electron chi connectivity index (χ2n) is 3.15. The van der Waals surface area contributed by atoms with E-state index in [2.05, 4.69) is 0 Å². The van der Waals surface area contributed by atoms with Crippen molar-refractivity contribution in [1.29, 1.82) is 0 Å². The van der Waals surface area contributed by atoms with Crippen LogP contribution in [0.1, 0.15) is 20.3 Å². The number of hydrogen-bond donors (Lipinski definition) is 1. The minimum absolute atomic E-state index is 0.0243. The molecule has 2 atom stereocenters. The summed E-state index contributed by atoms with van der Waals surface area (Å²) in [6, 6.07) is 0. The Labute approximate surface area is 67.3 Å². The zero-order chi connectivity index (χ0) is 8.27. The molecule has 0 bridgehead atoms. The molecule has 0 aromatic rings. The van der Waals surface area contributed by atoms with Gasteiger partial charge in [-0.15, -0.1) is 0 Å². The first kappa shape index (κ1) is 8.97. The Morgan fingerprint density at radius 3 is 2.82 bits per heavy atom. The predicted octanol–water partition coefficient (Wildman–Crippen LogP) is 0.561. The van der Waals surface area contributed by atoms with Crippen LogP contribution < -0.4 is 0 Å². The van der Waals surface area contributed by atoms with Crippen molar-refractivity contribution in [1.82, 2.24) is 0 Å². The van der Waals surface area contributed by atoms with Gasteiger partial charge in [0.15, 0.2) is 0 Å². The van der Waals surface area contributed by atoms with Gasteiger partial charge in [-0.25, -0.2) is 0 Å². The van der Waals surface area contributed by atoms with Crippen molar-refractivity contribution in [2.24, 2.45) is 0 Å². The van der Waals surface area contributed by atoms with Gasteiger partial charge in [0.2, 0.25) is 0 Å². The van der Waals surface area contributed by atoms with Crippen LogP contribution in [0.2, 0.25) is 0 Å². The van der Waals surface area contributed by atoms with Crippen molar-refractivity contribution < 1.29 is 14.6 Å². The fourth-order valence-corrected chi connectivity index (χ4v) is 1.21. The Bertz CT molecular complexity index is 114. The molecule has 3 heteroatoms. The van der Waals surface area contributed by atoms with Gasteiger partial charge in [-0.3, -0.25) is 0 Å². The largest absolute Gasteiger partial charge is 0.388 e. The van der Waals surface area contributed by atoms with Crippen LogP contribution in [0.4, 0.5) is 0 Å². The van der Waals surface area contributed by atoms with E-state index >= 15 is 0 Å². The molecule has 0 aromatic carbocycles. The molecule has 3 nitrogen and oxygen atoms in total. The zero-order valence-corrected chi connectivity index (χ0v) is 7.12. The molecule has 1 aliphatic rings. The fourth-order valence-electron chi connectivity index (χ4n) is 1.21. The topological polar surface area (TPSA) is 38.7 Å².